The lowest BCUT2D eigenvalue weighted by atomic mass is 10.2. The molecule has 0 radical (unpaired) electrons. The molecule has 0 fully saturated rings. The topological polar surface area (TPSA) is 70.2 Å². The van der Waals surface area contributed by atoms with Gasteiger partial charge in [-0.15, -0.1) is 0 Å². The molecule has 0 unspecified atom stereocenters. The standard InChI is InChI=1S/C13H18FN3O2/c1-9(2)12(18)15-7-8-16-13(19)17-11-6-4-3-5-10(11)14/h3-6,9H,7-8H2,1-2H3,(H,15,18)(H2,16,17,19). The minimum absolute atomic E-state index is 0.0729. The van der Waals surface area contributed by atoms with Crippen LogP contribution >= 0.6 is 0 Å². The number of carbonyl (C=O) groups excluding carboxylic acids is 2. The van der Waals surface area contributed by atoms with Gasteiger partial charge in [0.2, 0.25) is 5.91 Å². The zero-order chi connectivity index (χ0) is 14.3. The maximum atomic E-state index is 13.2. The van der Waals surface area contributed by atoms with Gasteiger partial charge in [0.15, 0.2) is 0 Å². The molecule has 0 aliphatic heterocycles. The maximum Gasteiger partial charge on any atom is 0.319 e. The number of carbonyl (C=O) groups is 2. The molecule has 1 rings (SSSR count). The monoisotopic (exact) mass is 267 g/mol. The first kappa shape index (κ1) is 14.9. The molecular weight excluding hydrogens is 249 g/mol. The van der Waals surface area contributed by atoms with Crippen molar-refractivity contribution in [1.82, 2.24) is 10.6 Å². The lowest BCUT2D eigenvalue weighted by Crippen LogP contribution is -2.38. The Morgan fingerprint density at radius 2 is 1.79 bits per heavy atom. The normalized spacial score (nSPS) is 10.1. The number of hydrogen-bond acceptors (Lipinski definition) is 2. The van der Waals surface area contributed by atoms with Crippen LogP contribution in [0.2, 0.25) is 0 Å². The second-order valence-electron chi connectivity index (χ2n) is 4.31. The summed E-state index contributed by atoms with van der Waals surface area (Å²) >= 11 is 0. The van der Waals surface area contributed by atoms with Crippen molar-refractivity contribution in [3.8, 4) is 0 Å². The predicted octanol–water partition coefficient (Wildman–Crippen LogP) is 1.72. The SMILES string of the molecule is CC(C)C(=O)NCCNC(=O)Nc1ccccc1F. The van der Waals surface area contributed by atoms with Crippen molar-refractivity contribution >= 4 is 17.6 Å². The summed E-state index contributed by atoms with van der Waals surface area (Å²) in [5, 5.41) is 7.56. The van der Waals surface area contributed by atoms with Crippen LogP contribution in [0.5, 0.6) is 0 Å². The average Bonchev–Trinajstić information content (AvgIpc) is 2.37. The summed E-state index contributed by atoms with van der Waals surface area (Å²) in [6.45, 7) is 4.18. The largest absolute Gasteiger partial charge is 0.354 e. The van der Waals surface area contributed by atoms with Crippen LogP contribution in [0.15, 0.2) is 24.3 Å². The quantitative estimate of drug-likeness (QED) is 0.711. The second kappa shape index (κ2) is 7.35. The van der Waals surface area contributed by atoms with Crippen LogP contribution in [0.4, 0.5) is 14.9 Å². The summed E-state index contributed by atoms with van der Waals surface area (Å²) in [7, 11) is 0. The number of anilines is 1. The third kappa shape index (κ3) is 5.37. The number of para-hydroxylation sites is 1. The number of hydrogen-bond donors (Lipinski definition) is 3. The smallest absolute Gasteiger partial charge is 0.319 e. The fourth-order valence-electron chi connectivity index (χ4n) is 1.29. The van der Waals surface area contributed by atoms with E-state index in [2.05, 4.69) is 16.0 Å². The van der Waals surface area contributed by atoms with Gasteiger partial charge in [-0.3, -0.25) is 4.79 Å². The fourth-order valence-corrected chi connectivity index (χ4v) is 1.29. The molecule has 3 N–H and O–H groups in total. The molecule has 104 valence electrons. The summed E-state index contributed by atoms with van der Waals surface area (Å²) in [4.78, 5) is 22.7. The molecule has 0 aliphatic rings. The Balaban J connectivity index is 2.26. The van der Waals surface area contributed by atoms with Gasteiger partial charge >= 0.3 is 6.03 Å². The molecule has 6 heteroatoms. The first-order valence-corrected chi connectivity index (χ1v) is 6.08. The molecule has 0 bridgehead atoms. The molecule has 0 saturated heterocycles. The van der Waals surface area contributed by atoms with Crippen LogP contribution in [0.25, 0.3) is 0 Å². The molecule has 0 spiro atoms. The van der Waals surface area contributed by atoms with Gasteiger partial charge < -0.3 is 16.0 Å². The number of amides is 3. The molecule has 1 aromatic carbocycles. The van der Waals surface area contributed by atoms with E-state index in [9.17, 15) is 14.0 Å². The third-order valence-corrected chi connectivity index (χ3v) is 2.36. The van der Waals surface area contributed by atoms with Gasteiger partial charge in [0.1, 0.15) is 5.82 Å². The number of urea groups is 1. The summed E-state index contributed by atoms with van der Waals surface area (Å²) < 4.78 is 13.2. The van der Waals surface area contributed by atoms with Gasteiger partial charge in [-0.05, 0) is 12.1 Å². The van der Waals surface area contributed by atoms with Crippen LogP contribution in [-0.4, -0.2) is 25.0 Å². The van der Waals surface area contributed by atoms with Crippen LogP contribution in [-0.2, 0) is 4.79 Å². The first-order chi connectivity index (χ1) is 9.00. The molecule has 3 amide bonds. The van der Waals surface area contributed by atoms with E-state index < -0.39 is 11.8 Å². The van der Waals surface area contributed by atoms with Crippen molar-refractivity contribution in [3.63, 3.8) is 0 Å². The second-order valence-corrected chi connectivity index (χ2v) is 4.31. The molecule has 1 aromatic rings. The molecule has 0 atom stereocenters. The number of halogens is 1. The van der Waals surface area contributed by atoms with E-state index in [0.717, 1.165) is 0 Å². The average molecular weight is 267 g/mol. The van der Waals surface area contributed by atoms with Gasteiger partial charge in [0.25, 0.3) is 0 Å². The highest BCUT2D eigenvalue weighted by Crippen LogP contribution is 2.11. The Morgan fingerprint density at radius 1 is 1.16 bits per heavy atom. The first-order valence-electron chi connectivity index (χ1n) is 6.08. The minimum Gasteiger partial charge on any atom is -0.354 e. The number of rotatable bonds is 5. The van der Waals surface area contributed by atoms with Crippen molar-refractivity contribution in [2.24, 2.45) is 5.92 Å². The van der Waals surface area contributed by atoms with Crippen molar-refractivity contribution in [2.45, 2.75) is 13.8 Å². The molecule has 0 saturated carbocycles. The van der Waals surface area contributed by atoms with Crippen molar-refractivity contribution < 1.29 is 14.0 Å². The minimum atomic E-state index is -0.510. The Hall–Kier alpha value is -2.11. The van der Waals surface area contributed by atoms with Crippen LogP contribution in [0, 0.1) is 11.7 Å². The molecular formula is C13H18FN3O2. The molecule has 0 aromatic heterocycles. The summed E-state index contributed by atoms with van der Waals surface area (Å²) in [5.74, 6) is -0.658. The predicted molar refractivity (Wildman–Crippen MR) is 71.3 cm³/mol. The van der Waals surface area contributed by atoms with Gasteiger partial charge in [-0.2, -0.15) is 0 Å². The Bertz CT molecular complexity index is 449. The van der Waals surface area contributed by atoms with E-state index in [1.807, 2.05) is 0 Å². The third-order valence-electron chi connectivity index (χ3n) is 2.36. The summed E-state index contributed by atoms with van der Waals surface area (Å²) in [6.07, 6.45) is 0. The molecule has 5 nitrogen and oxygen atoms in total. The fraction of sp³-hybridized carbons (Fsp3) is 0.385. The lowest BCUT2D eigenvalue weighted by molar-refractivity contribution is -0.123. The molecule has 0 aliphatic carbocycles. The zero-order valence-corrected chi connectivity index (χ0v) is 11.0. The van der Waals surface area contributed by atoms with Crippen LogP contribution < -0.4 is 16.0 Å². The van der Waals surface area contributed by atoms with E-state index in [1.165, 1.54) is 12.1 Å². The van der Waals surface area contributed by atoms with Crippen LogP contribution in [0.1, 0.15) is 13.8 Å². The van der Waals surface area contributed by atoms with Gasteiger partial charge in [-0.25, -0.2) is 9.18 Å². The lowest BCUT2D eigenvalue weighted by Gasteiger charge is -2.10. The summed E-state index contributed by atoms with van der Waals surface area (Å²) in [6, 6.07) is 5.39. The Kier molecular flexibility index (Phi) is 5.78. The zero-order valence-electron chi connectivity index (χ0n) is 11.0. The van der Waals surface area contributed by atoms with E-state index >= 15 is 0 Å². The van der Waals surface area contributed by atoms with Gasteiger partial charge in [0, 0.05) is 19.0 Å². The van der Waals surface area contributed by atoms with Gasteiger partial charge in [-0.1, -0.05) is 26.0 Å². The van der Waals surface area contributed by atoms with E-state index in [0.29, 0.717) is 6.54 Å². The van der Waals surface area contributed by atoms with Crippen molar-refractivity contribution in [2.75, 3.05) is 18.4 Å². The highest BCUT2D eigenvalue weighted by Gasteiger charge is 2.07. The summed E-state index contributed by atoms with van der Waals surface area (Å²) in [5.41, 5.74) is 0.117. The van der Waals surface area contributed by atoms with E-state index in [1.54, 1.807) is 26.0 Å². The number of benzene rings is 1. The van der Waals surface area contributed by atoms with Gasteiger partial charge in [0.05, 0.1) is 5.69 Å². The highest BCUT2D eigenvalue weighted by atomic mass is 19.1. The van der Waals surface area contributed by atoms with E-state index in [4.69, 9.17) is 0 Å². The number of nitrogens with one attached hydrogen (secondary N) is 3. The Labute approximate surface area is 111 Å². The van der Waals surface area contributed by atoms with Crippen LogP contribution in [0.3, 0.4) is 0 Å². The molecule has 19 heavy (non-hydrogen) atoms. The molecule has 0 heterocycles. The highest BCUT2D eigenvalue weighted by molar-refractivity contribution is 5.89. The van der Waals surface area contributed by atoms with Crippen molar-refractivity contribution in [1.29, 1.82) is 0 Å². The maximum absolute atomic E-state index is 13.2. The Morgan fingerprint density at radius 3 is 2.42 bits per heavy atom. The van der Waals surface area contributed by atoms with Crippen molar-refractivity contribution in [3.05, 3.63) is 30.1 Å². The van der Waals surface area contributed by atoms with E-state index in [-0.39, 0.29) is 24.1 Å².